The first-order valence-corrected chi connectivity index (χ1v) is 6.51. The van der Waals surface area contributed by atoms with Gasteiger partial charge in [-0.2, -0.15) is 5.10 Å². The van der Waals surface area contributed by atoms with Crippen molar-refractivity contribution >= 4 is 11.4 Å². The predicted octanol–water partition coefficient (Wildman–Crippen LogP) is 2.81. The summed E-state index contributed by atoms with van der Waals surface area (Å²) < 4.78 is 1.79. The van der Waals surface area contributed by atoms with E-state index in [-0.39, 0.29) is 10.6 Å². The molecule has 0 aliphatic heterocycles. The fourth-order valence-corrected chi connectivity index (χ4v) is 2.13. The van der Waals surface area contributed by atoms with Gasteiger partial charge >= 0.3 is 0 Å². The quantitative estimate of drug-likeness (QED) is 0.672. The molecule has 1 heterocycles. The van der Waals surface area contributed by atoms with E-state index >= 15 is 0 Å². The summed E-state index contributed by atoms with van der Waals surface area (Å²) in [7, 11) is 1.89. The monoisotopic (exact) mass is 274 g/mol. The summed E-state index contributed by atoms with van der Waals surface area (Å²) in [5.41, 5.74) is 4.02. The molecule has 0 fully saturated rings. The second kappa shape index (κ2) is 5.73. The Kier molecular flexibility index (Phi) is 4.02. The summed E-state index contributed by atoms with van der Waals surface area (Å²) in [5, 5.41) is 18.4. The van der Waals surface area contributed by atoms with Gasteiger partial charge in [0.25, 0.3) is 5.69 Å². The zero-order valence-electron chi connectivity index (χ0n) is 11.9. The van der Waals surface area contributed by atoms with Crippen LogP contribution in [0.4, 0.5) is 11.4 Å². The highest BCUT2D eigenvalue weighted by Crippen LogP contribution is 2.22. The first-order chi connectivity index (χ1) is 9.51. The Bertz CT molecular complexity index is 634. The molecule has 1 aromatic carbocycles. The van der Waals surface area contributed by atoms with Crippen molar-refractivity contribution in [3.05, 3.63) is 51.3 Å². The molecule has 1 aromatic heterocycles. The van der Waals surface area contributed by atoms with E-state index in [2.05, 4.69) is 17.3 Å². The van der Waals surface area contributed by atoms with Crippen molar-refractivity contribution in [2.45, 2.75) is 26.8 Å². The molecule has 106 valence electrons. The Balaban J connectivity index is 2.18. The molecule has 2 aromatic rings. The molecule has 0 aliphatic rings. The first kappa shape index (κ1) is 14.0. The van der Waals surface area contributed by atoms with Crippen LogP contribution in [0.5, 0.6) is 0 Å². The fourth-order valence-electron chi connectivity index (χ4n) is 2.13. The van der Waals surface area contributed by atoms with Crippen molar-refractivity contribution in [3.63, 3.8) is 0 Å². The molecule has 0 bridgehead atoms. The number of rotatable bonds is 5. The number of hydrogen-bond acceptors (Lipinski definition) is 4. The van der Waals surface area contributed by atoms with Crippen LogP contribution < -0.4 is 5.32 Å². The number of anilines is 1. The van der Waals surface area contributed by atoms with E-state index in [1.807, 2.05) is 20.2 Å². The average molecular weight is 274 g/mol. The molecular formula is C14H18N4O2. The second-order valence-corrected chi connectivity index (χ2v) is 4.74. The number of non-ortho nitro benzene ring substituents is 1. The van der Waals surface area contributed by atoms with Crippen molar-refractivity contribution in [1.29, 1.82) is 0 Å². The van der Waals surface area contributed by atoms with Crippen molar-refractivity contribution in [2.75, 3.05) is 5.32 Å². The molecule has 0 atom stereocenters. The molecule has 0 spiro atoms. The van der Waals surface area contributed by atoms with Gasteiger partial charge in [-0.05, 0) is 18.9 Å². The lowest BCUT2D eigenvalue weighted by atomic mass is 10.1. The highest BCUT2D eigenvalue weighted by Gasteiger charge is 2.10. The largest absolute Gasteiger partial charge is 0.380 e. The Labute approximate surface area is 117 Å². The smallest absolute Gasteiger partial charge is 0.271 e. The third-order valence-electron chi connectivity index (χ3n) is 3.23. The second-order valence-electron chi connectivity index (χ2n) is 4.74. The van der Waals surface area contributed by atoms with Gasteiger partial charge in [-0.15, -0.1) is 0 Å². The molecule has 0 radical (unpaired) electrons. The van der Waals surface area contributed by atoms with E-state index in [0.29, 0.717) is 6.54 Å². The number of aromatic nitrogens is 2. The van der Waals surface area contributed by atoms with E-state index in [0.717, 1.165) is 28.9 Å². The highest BCUT2D eigenvalue weighted by molar-refractivity contribution is 5.57. The van der Waals surface area contributed by atoms with Crippen molar-refractivity contribution in [3.8, 4) is 0 Å². The Morgan fingerprint density at radius 1 is 1.45 bits per heavy atom. The van der Waals surface area contributed by atoms with Crippen molar-refractivity contribution < 1.29 is 4.92 Å². The molecule has 1 N–H and O–H groups in total. The minimum Gasteiger partial charge on any atom is -0.380 e. The number of benzene rings is 1. The Hall–Kier alpha value is -2.37. The van der Waals surface area contributed by atoms with E-state index in [1.54, 1.807) is 16.8 Å². The van der Waals surface area contributed by atoms with Gasteiger partial charge in [0.2, 0.25) is 0 Å². The van der Waals surface area contributed by atoms with E-state index in [4.69, 9.17) is 0 Å². The molecule has 6 heteroatoms. The van der Waals surface area contributed by atoms with Gasteiger partial charge in [-0.1, -0.05) is 13.0 Å². The van der Waals surface area contributed by atoms with Crippen molar-refractivity contribution in [2.24, 2.45) is 7.05 Å². The van der Waals surface area contributed by atoms with Gasteiger partial charge in [0.05, 0.1) is 10.6 Å². The van der Waals surface area contributed by atoms with Crippen LogP contribution in [0.2, 0.25) is 0 Å². The fraction of sp³-hybridized carbons (Fsp3) is 0.357. The number of nitrogens with zero attached hydrogens (tertiary/aromatic N) is 3. The maximum atomic E-state index is 10.8. The topological polar surface area (TPSA) is 73.0 Å². The van der Waals surface area contributed by atoms with Gasteiger partial charge in [0.15, 0.2) is 0 Å². The molecule has 2 rings (SSSR count). The van der Waals surface area contributed by atoms with Crippen LogP contribution in [0.25, 0.3) is 0 Å². The maximum absolute atomic E-state index is 10.8. The summed E-state index contributed by atoms with van der Waals surface area (Å²) in [5.74, 6) is 0. The minimum atomic E-state index is -0.383. The summed E-state index contributed by atoms with van der Waals surface area (Å²) in [4.78, 5) is 10.4. The summed E-state index contributed by atoms with van der Waals surface area (Å²) in [6, 6.07) is 4.84. The minimum absolute atomic E-state index is 0.0972. The number of hydrogen-bond donors (Lipinski definition) is 1. The normalized spacial score (nSPS) is 10.6. The summed E-state index contributed by atoms with van der Waals surface area (Å²) in [6.07, 6.45) is 2.84. The summed E-state index contributed by atoms with van der Waals surface area (Å²) in [6.45, 7) is 4.60. The third-order valence-corrected chi connectivity index (χ3v) is 3.23. The Morgan fingerprint density at radius 2 is 2.20 bits per heavy atom. The Morgan fingerprint density at radius 3 is 2.85 bits per heavy atom. The van der Waals surface area contributed by atoms with Gasteiger partial charge in [0, 0.05) is 43.2 Å². The van der Waals surface area contributed by atoms with E-state index in [9.17, 15) is 10.1 Å². The lowest BCUT2D eigenvalue weighted by molar-refractivity contribution is -0.384. The predicted molar refractivity (Wildman–Crippen MR) is 77.7 cm³/mol. The van der Waals surface area contributed by atoms with Crippen molar-refractivity contribution in [1.82, 2.24) is 9.78 Å². The lowest BCUT2D eigenvalue weighted by Crippen LogP contribution is -2.03. The van der Waals surface area contributed by atoms with Gasteiger partial charge < -0.3 is 5.32 Å². The van der Waals surface area contributed by atoms with Crippen LogP contribution in [-0.2, 0) is 20.0 Å². The molecule has 0 aliphatic carbocycles. The van der Waals surface area contributed by atoms with Crippen LogP contribution in [0, 0.1) is 17.0 Å². The molecule has 0 amide bonds. The van der Waals surface area contributed by atoms with E-state index < -0.39 is 0 Å². The SMILES string of the molecule is CCc1nn(C)cc1CNc1cc([N+](=O)[O-])ccc1C. The molecule has 0 saturated carbocycles. The highest BCUT2D eigenvalue weighted by atomic mass is 16.6. The van der Waals surface area contributed by atoms with Crippen LogP contribution in [0.1, 0.15) is 23.7 Å². The van der Waals surface area contributed by atoms with Crippen LogP contribution in [-0.4, -0.2) is 14.7 Å². The van der Waals surface area contributed by atoms with Crippen LogP contribution in [0.3, 0.4) is 0 Å². The molecule has 0 saturated heterocycles. The standard InChI is InChI=1S/C14H18N4O2/c1-4-13-11(9-17(3)16-13)8-15-14-7-12(18(19)20)6-5-10(14)2/h5-7,9,15H,4,8H2,1-3H3. The zero-order chi connectivity index (χ0) is 14.7. The summed E-state index contributed by atoms with van der Waals surface area (Å²) >= 11 is 0. The molecule has 20 heavy (non-hydrogen) atoms. The maximum Gasteiger partial charge on any atom is 0.271 e. The molecule has 6 nitrogen and oxygen atoms in total. The lowest BCUT2D eigenvalue weighted by Gasteiger charge is -2.09. The van der Waals surface area contributed by atoms with E-state index in [1.165, 1.54) is 6.07 Å². The molecule has 0 unspecified atom stereocenters. The van der Waals surface area contributed by atoms with Gasteiger partial charge in [-0.3, -0.25) is 14.8 Å². The molecular weight excluding hydrogens is 256 g/mol. The number of nitro groups is 1. The number of nitrogens with one attached hydrogen (secondary N) is 1. The third kappa shape index (κ3) is 2.96. The average Bonchev–Trinajstić information content (AvgIpc) is 2.77. The van der Waals surface area contributed by atoms with Crippen LogP contribution in [0.15, 0.2) is 24.4 Å². The number of nitro benzene ring substituents is 1. The zero-order valence-corrected chi connectivity index (χ0v) is 11.9. The van der Waals surface area contributed by atoms with Gasteiger partial charge in [-0.25, -0.2) is 0 Å². The van der Waals surface area contributed by atoms with Crippen LogP contribution >= 0.6 is 0 Å². The van der Waals surface area contributed by atoms with Gasteiger partial charge in [0.1, 0.15) is 0 Å². The number of aryl methyl sites for hydroxylation is 3. The first-order valence-electron chi connectivity index (χ1n) is 6.51.